The Kier molecular flexibility index (Phi) is 6.24. The minimum atomic E-state index is 0.558. The van der Waals surface area contributed by atoms with Crippen LogP contribution < -0.4 is 0 Å². The first kappa shape index (κ1) is 29.9. The Bertz CT molecular complexity index is 3500. The number of hydrogen-bond acceptors (Lipinski definition) is 6. The summed E-state index contributed by atoms with van der Waals surface area (Å²) in [6.45, 7) is 0. The molecule has 0 amide bonds. The van der Waals surface area contributed by atoms with Gasteiger partial charge in [0.15, 0.2) is 17.5 Å². The topological polar surface area (TPSA) is 78.1 Å². The summed E-state index contributed by atoms with van der Waals surface area (Å²) in [4.78, 5) is 15.5. The van der Waals surface area contributed by atoms with Gasteiger partial charge in [-0.1, -0.05) is 115 Å². The molecule has 4 aromatic heterocycles. The number of benzene rings is 8. The van der Waals surface area contributed by atoms with Gasteiger partial charge < -0.3 is 13.3 Å². The van der Waals surface area contributed by atoms with Crippen LogP contribution in [0.3, 0.4) is 0 Å². The lowest BCUT2D eigenvalue weighted by atomic mass is 9.96. The molecular weight excluding hydrogens is 679 g/mol. The van der Waals surface area contributed by atoms with Crippen LogP contribution in [0.15, 0.2) is 177 Å². The van der Waals surface area contributed by atoms with Crippen LogP contribution in [-0.4, -0.2) is 15.0 Å². The first-order chi connectivity index (χ1) is 27.2. The van der Waals surface area contributed by atoms with Crippen molar-refractivity contribution in [2.24, 2.45) is 0 Å². The summed E-state index contributed by atoms with van der Waals surface area (Å²) in [5.41, 5.74) is 9.66. The lowest BCUT2D eigenvalue weighted by molar-refractivity contribution is 0.668. The van der Waals surface area contributed by atoms with Crippen molar-refractivity contribution in [3.8, 4) is 45.3 Å². The molecule has 0 aliphatic carbocycles. The second kappa shape index (κ2) is 11.5. The number of fused-ring (bicyclic) bond motifs is 10. The van der Waals surface area contributed by atoms with Gasteiger partial charge in [0, 0.05) is 49.0 Å². The largest absolute Gasteiger partial charge is 0.456 e. The zero-order valence-corrected chi connectivity index (χ0v) is 29.2. The first-order valence-corrected chi connectivity index (χ1v) is 18.3. The van der Waals surface area contributed by atoms with E-state index in [4.69, 9.17) is 28.2 Å². The summed E-state index contributed by atoms with van der Waals surface area (Å²) in [5.74, 6) is 1.71. The molecule has 256 valence electrons. The fraction of sp³-hybridized carbons (Fsp3) is 0. The molecule has 0 saturated carbocycles. The molecule has 6 nitrogen and oxygen atoms in total. The average Bonchev–Trinajstić information content (AvgIpc) is 3.93. The molecule has 0 bridgehead atoms. The Morgan fingerprint density at radius 1 is 0.291 bits per heavy atom. The van der Waals surface area contributed by atoms with Crippen LogP contribution in [0.5, 0.6) is 0 Å². The van der Waals surface area contributed by atoms with E-state index in [9.17, 15) is 0 Å². The SMILES string of the molecule is c1ccc(-c2nc(-c3cccc4oc5ccccc5c34)nc(-c3cccc4oc5ccc(-c6cccc7oc8cc9ccccc9cc8c67)cc5c34)n2)cc1. The molecule has 12 rings (SSSR count). The Labute approximate surface area is 312 Å². The molecule has 0 aliphatic heterocycles. The van der Waals surface area contributed by atoms with Crippen LogP contribution in [0.4, 0.5) is 0 Å². The third kappa shape index (κ3) is 4.58. The zero-order chi connectivity index (χ0) is 36.0. The summed E-state index contributed by atoms with van der Waals surface area (Å²) in [6, 6.07) is 55.7. The van der Waals surface area contributed by atoms with E-state index in [-0.39, 0.29) is 0 Å². The van der Waals surface area contributed by atoms with Crippen LogP contribution in [0.25, 0.3) is 122 Å². The van der Waals surface area contributed by atoms with Gasteiger partial charge in [0.25, 0.3) is 0 Å². The van der Waals surface area contributed by atoms with Gasteiger partial charge in [0.2, 0.25) is 0 Å². The molecular formula is C49H27N3O3. The van der Waals surface area contributed by atoms with Gasteiger partial charge in [-0.2, -0.15) is 0 Å². The highest BCUT2D eigenvalue weighted by Crippen LogP contribution is 2.43. The molecule has 0 saturated heterocycles. The predicted octanol–water partition coefficient (Wildman–Crippen LogP) is 13.4. The maximum absolute atomic E-state index is 6.52. The number of nitrogens with zero attached hydrogens (tertiary/aromatic N) is 3. The van der Waals surface area contributed by atoms with Gasteiger partial charge in [-0.3, -0.25) is 0 Å². The zero-order valence-electron chi connectivity index (χ0n) is 29.2. The van der Waals surface area contributed by atoms with E-state index in [0.29, 0.717) is 17.5 Å². The molecule has 0 aliphatic rings. The monoisotopic (exact) mass is 705 g/mol. The Morgan fingerprint density at radius 2 is 0.800 bits per heavy atom. The van der Waals surface area contributed by atoms with Crippen LogP contribution in [0.2, 0.25) is 0 Å². The summed E-state index contributed by atoms with van der Waals surface area (Å²) >= 11 is 0. The van der Waals surface area contributed by atoms with Gasteiger partial charge in [0.05, 0.1) is 0 Å². The summed E-state index contributed by atoms with van der Waals surface area (Å²) in [7, 11) is 0. The highest BCUT2D eigenvalue weighted by molar-refractivity contribution is 6.18. The van der Waals surface area contributed by atoms with Crippen molar-refractivity contribution in [1.29, 1.82) is 0 Å². The molecule has 6 heteroatoms. The quantitative estimate of drug-likeness (QED) is 0.181. The van der Waals surface area contributed by atoms with Crippen LogP contribution >= 0.6 is 0 Å². The summed E-state index contributed by atoms with van der Waals surface area (Å²) in [5, 5.41) is 8.42. The third-order valence-corrected chi connectivity index (χ3v) is 10.7. The fourth-order valence-electron chi connectivity index (χ4n) is 8.23. The standard InChI is InChI=1S/C49H27N3O3/c1-2-11-28(12-3-1)47-50-48(34-17-9-21-41-45(34)33-15-6-7-19-38(33)53-41)52-49(51-47)35-18-10-22-42-46(35)36-26-31(23-24-39(36)54-42)32-16-8-20-40-44(32)37-25-29-13-4-5-14-30(29)27-43(37)55-40/h1-27H. The molecule has 0 N–H and O–H groups in total. The van der Waals surface area contributed by atoms with Crippen LogP contribution in [-0.2, 0) is 0 Å². The highest BCUT2D eigenvalue weighted by atomic mass is 16.3. The van der Waals surface area contributed by atoms with Crippen LogP contribution in [0, 0.1) is 0 Å². The Balaban J connectivity index is 1.10. The summed E-state index contributed by atoms with van der Waals surface area (Å²) in [6.07, 6.45) is 0. The minimum Gasteiger partial charge on any atom is -0.456 e. The summed E-state index contributed by atoms with van der Waals surface area (Å²) < 4.78 is 19.2. The molecule has 0 spiro atoms. The van der Waals surface area contributed by atoms with Gasteiger partial charge in [-0.05, 0) is 70.4 Å². The number of furan rings is 3. The number of hydrogen-bond donors (Lipinski definition) is 0. The molecule has 0 unspecified atom stereocenters. The van der Waals surface area contributed by atoms with E-state index >= 15 is 0 Å². The fourth-order valence-corrected chi connectivity index (χ4v) is 8.23. The predicted molar refractivity (Wildman–Crippen MR) is 221 cm³/mol. The lowest BCUT2D eigenvalue weighted by Crippen LogP contribution is -2.00. The van der Waals surface area contributed by atoms with Crippen molar-refractivity contribution in [3.05, 3.63) is 164 Å². The molecule has 12 aromatic rings. The first-order valence-electron chi connectivity index (χ1n) is 18.3. The smallest absolute Gasteiger partial charge is 0.164 e. The number of rotatable bonds is 4. The van der Waals surface area contributed by atoms with Crippen molar-refractivity contribution >= 4 is 76.6 Å². The van der Waals surface area contributed by atoms with Crippen molar-refractivity contribution in [2.45, 2.75) is 0 Å². The second-order valence-corrected chi connectivity index (χ2v) is 13.9. The van der Waals surface area contributed by atoms with Gasteiger partial charge >= 0.3 is 0 Å². The van der Waals surface area contributed by atoms with E-state index < -0.39 is 0 Å². The normalized spacial score (nSPS) is 12.0. The van der Waals surface area contributed by atoms with Crippen LogP contribution in [0.1, 0.15) is 0 Å². The van der Waals surface area contributed by atoms with Crippen molar-refractivity contribution < 1.29 is 13.3 Å². The van der Waals surface area contributed by atoms with E-state index in [1.54, 1.807) is 0 Å². The Hall–Kier alpha value is -7.57. The molecule has 0 radical (unpaired) electrons. The van der Waals surface area contributed by atoms with Crippen molar-refractivity contribution in [1.82, 2.24) is 15.0 Å². The van der Waals surface area contributed by atoms with Crippen molar-refractivity contribution in [2.75, 3.05) is 0 Å². The lowest BCUT2D eigenvalue weighted by Gasteiger charge is -2.10. The highest BCUT2D eigenvalue weighted by Gasteiger charge is 2.21. The molecule has 55 heavy (non-hydrogen) atoms. The van der Waals surface area contributed by atoms with E-state index in [0.717, 1.165) is 99.0 Å². The van der Waals surface area contributed by atoms with Crippen molar-refractivity contribution in [3.63, 3.8) is 0 Å². The maximum atomic E-state index is 6.52. The van der Waals surface area contributed by atoms with Gasteiger partial charge in [0.1, 0.15) is 33.5 Å². The Morgan fingerprint density at radius 3 is 1.53 bits per heavy atom. The van der Waals surface area contributed by atoms with E-state index in [1.165, 1.54) is 5.39 Å². The number of aromatic nitrogens is 3. The maximum Gasteiger partial charge on any atom is 0.164 e. The molecule has 4 heterocycles. The molecule has 0 fully saturated rings. The molecule has 0 atom stereocenters. The average molecular weight is 706 g/mol. The number of para-hydroxylation sites is 1. The van der Waals surface area contributed by atoms with Gasteiger partial charge in [-0.25, -0.2) is 15.0 Å². The van der Waals surface area contributed by atoms with E-state index in [1.807, 2.05) is 78.9 Å². The second-order valence-electron chi connectivity index (χ2n) is 13.9. The third-order valence-electron chi connectivity index (χ3n) is 10.7. The van der Waals surface area contributed by atoms with Gasteiger partial charge in [-0.15, -0.1) is 0 Å². The minimum absolute atomic E-state index is 0.558. The van der Waals surface area contributed by atoms with E-state index in [2.05, 4.69) is 84.9 Å². The molecule has 8 aromatic carbocycles.